The molecule has 27 heavy (non-hydrogen) atoms. The molecule has 0 fully saturated rings. The molecule has 0 aromatic heterocycles. The fourth-order valence-corrected chi connectivity index (χ4v) is 6.95. The summed E-state index contributed by atoms with van der Waals surface area (Å²) in [5.41, 5.74) is 0. The highest BCUT2D eigenvalue weighted by molar-refractivity contribution is 7.94. The van der Waals surface area contributed by atoms with E-state index in [1.807, 2.05) is 0 Å². The zero-order chi connectivity index (χ0) is 20.6. The summed E-state index contributed by atoms with van der Waals surface area (Å²) in [6.45, 7) is 5.61. The van der Waals surface area contributed by atoms with Crippen LogP contribution in [0.3, 0.4) is 0 Å². The van der Waals surface area contributed by atoms with Gasteiger partial charge < -0.3 is 9.05 Å². The molecule has 164 valence electrons. The molecule has 0 spiro atoms. The molecule has 0 aliphatic rings. The van der Waals surface area contributed by atoms with E-state index in [9.17, 15) is 17.5 Å². The highest BCUT2D eigenvalue weighted by atomic mass is 32.2. The Morgan fingerprint density at radius 1 is 0.741 bits per heavy atom. The Balaban J connectivity index is 4.07. The van der Waals surface area contributed by atoms with Crippen molar-refractivity contribution in [1.29, 1.82) is 0 Å². The van der Waals surface area contributed by atoms with Gasteiger partial charge in [-0.2, -0.15) is 8.42 Å². The number of hydrogen-bond donors (Lipinski definition) is 1. The largest absolute Gasteiger partial charge is 0.351 e. The van der Waals surface area contributed by atoms with Crippen molar-refractivity contribution in [2.24, 2.45) is 0 Å². The smallest absolute Gasteiger partial charge is 0.308 e. The molecule has 0 bridgehead atoms. The monoisotopic (exact) mass is 428 g/mol. The summed E-state index contributed by atoms with van der Waals surface area (Å²) in [7, 11) is -8.37. The second kappa shape index (κ2) is 15.9. The zero-order valence-electron chi connectivity index (χ0n) is 17.5. The number of unbranched alkanes of at least 4 members (excludes halogenated alkanes) is 11. The average Bonchev–Trinajstić information content (AvgIpc) is 2.58. The molecule has 1 atom stereocenters. The third-order valence-electron chi connectivity index (χ3n) is 4.62. The van der Waals surface area contributed by atoms with Gasteiger partial charge in [-0.05, 0) is 20.3 Å². The average molecular weight is 429 g/mol. The zero-order valence-corrected chi connectivity index (χ0v) is 19.2. The summed E-state index contributed by atoms with van der Waals surface area (Å²) < 4.78 is 55.8. The van der Waals surface area contributed by atoms with E-state index in [1.54, 1.807) is 13.8 Å². The Morgan fingerprint density at radius 3 is 1.44 bits per heavy atom. The minimum Gasteiger partial charge on any atom is -0.308 e. The lowest BCUT2D eigenvalue weighted by atomic mass is 10.0. The Morgan fingerprint density at radius 2 is 1.11 bits per heavy atom. The van der Waals surface area contributed by atoms with Crippen LogP contribution >= 0.6 is 7.60 Å². The third kappa shape index (κ3) is 13.0. The lowest BCUT2D eigenvalue weighted by molar-refractivity contribution is 0.215. The van der Waals surface area contributed by atoms with Crippen LogP contribution in [-0.4, -0.2) is 31.2 Å². The van der Waals surface area contributed by atoms with Crippen LogP contribution in [0.2, 0.25) is 0 Å². The van der Waals surface area contributed by atoms with E-state index < -0.39 is 22.7 Å². The standard InChI is InChI=1S/C19H41O6PS/c1-4-7-8-9-10-11-12-13-14-15-16-17-18-19(27(21,22)23)26(20,24-5-2)25-6-3/h19H,4-18H2,1-3H3,(H,21,22,23). The highest BCUT2D eigenvalue weighted by Crippen LogP contribution is 2.56. The van der Waals surface area contributed by atoms with Gasteiger partial charge in [-0.1, -0.05) is 84.0 Å². The van der Waals surface area contributed by atoms with Crippen LogP contribution in [0.4, 0.5) is 0 Å². The first kappa shape index (κ1) is 27.1. The predicted octanol–water partition coefficient (Wildman–Crippen LogP) is 6.56. The molecular weight excluding hydrogens is 387 g/mol. The van der Waals surface area contributed by atoms with Crippen molar-refractivity contribution in [3.63, 3.8) is 0 Å². The van der Waals surface area contributed by atoms with Gasteiger partial charge in [-0.15, -0.1) is 0 Å². The van der Waals surface area contributed by atoms with E-state index in [2.05, 4.69) is 6.92 Å². The fourth-order valence-electron chi connectivity index (χ4n) is 3.19. The second-order valence-electron chi connectivity index (χ2n) is 7.02. The molecule has 1 N–H and O–H groups in total. The van der Waals surface area contributed by atoms with E-state index in [-0.39, 0.29) is 19.6 Å². The molecule has 1 unspecified atom stereocenters. The summed E-state index contributed by atoms with van der Waals surface area (Å²) in [6.07, 6.45) is 14.0. The van der Waals surface area contributed by atoms with Crippen LogP contribution in [0.1, 0.15) is 104 Å². The maximum atomic E-state index is 12.7. The first-order valence-electron chi connectivity index (χ1n) is 10.7. The normalized spacial score (nSPS) is 13.8. The van der Waals surface area contributed by atoms with E-state index in [0.29, 0.717) is 6.42 Å². The maximum absolute atomic E-state index is 12.7. The predicted molar refractivity (Wildman–Crippen MR) is 112 cm³/mol. The maximum Gasteiger partial charge on any atom is 0.351 e. The SMILES string of the molecule is CCCCCCCCCCCCCCC(P(=O)(OCC)OCC)S(=O)(=O)O. The van der Waals surface area contributed by atoms with E-state index in [1.165, 1.54) is 51.4 Å². The minimum absolute atomic E-state index is 0.0712. The fraction of sp³-hybridized carbons (Fsp3) is 1.00. The van der Waals surface area contributed by atoms with Gasteiger partial charge in [0.1, 0.15) is 0 Å². The Labute approximate surface area is 167 Å². The summed E-state index contributed by atoms with van der Waals surface area (Å²) >= 11 is 0. The van der Waals surface area contributed by atoms with Crippen LogP contribution in [0.5, 0.6) is 0 Å². The molecule has 0 aliphatic carbocycles. The van der Waals surface area contributed by atoms with E-state index in [4.69, 9.17) is 9.05 Å². The molecular formula is C19H41O6PS. The Bertz CT molecular complexity index is 484. The van der Waals surface area contributed by atoms with Crippen molar-refractivity contribution < 1.29 is 26.6 Å². The quantitative estimate of drug-likeness (QED) is 0.142. The van der Waals surface area contributed by atoms with Gasteiger partial charge in [-0.25, -0.2) is 0 Å². The molecule has 6 nitrogen and oxygen atoms in total. The van der Waals surface area contributed by atoms with Crippen molar-refractivity contribution in [1.82, 2.24) is 0 Å². The first-order valence-corrected chi connectivity index (χ1v) is 13.8. The van der Waals surface area contributed by atoms with Crippen LogP contribution in [-0.2, 0) is 23.7 Å². The molecule has 0 saturated heterocycles. The molecule has 0 aliphatic heterocycles. The third-order valence-corrected chi connectivity index (χ3v) is 9.32. The van der Waals surface area contributed by atoms with Gasteiger partial charge in [0.05, 0.1) is 13.2 Å². The van der Waals surface area contributed by atoms with Crippen LogP contribution in [0.25, 0.3) is 0 Å². The Hall–Kier alpha value is 0.0600. The first-order chi connectivity index (χ1) is 12.8. The molecule has 0 aromatic carbocycles. The van der Waals surface area contributed by atoms with Gasteiger partial charge in [-0.3, -0.25) is 9.12 Å². The van der Waals surface area contributed by atoms with Crippen molar-refractivity contribution in [3.8, 4) is 0 Å². The number of rotatable bonds is 19. The van der Waals surface area contributed by atoms with Gasteiger partial charge in [0, 0.05) is 0 Å². The summed E-state index contributed by atoms with van der Waals surface area (Å²) in [5, 5.41) is 0. The minimum atomic E-state index is -4.49. The molecule has 0 rings (SSSR count). The summed E-state index contributed by atoms with van der Waals surface area (Å²) in [5.74, 6) is 0. The molecule has 0 heterocycles. The van der Waals surface area contributed by atoms with Gasteiger partial charge >= 0.3 is 7.60 Å². The topological polar surface area (TPSA) is 89.9 Å². The van der Waals surface area contributed by atoms with Gasteiger partial charge in [0.25, 0.3) is 10.1 Å². The molecule has 0 amide bonds. The van der Waals surface area contributed by atoms with E-state index >= 15 is 0 Å². The molecule has 0 aromatic rings. The van der Waals surface area contributed by atoms with Crippen molar-refractivity contribution in [2.45, 2.75) is 109 Å². The second-order valence-corrected chi connectivity index (χ2v) is 11.2. The molecule has 0 radical (unpaired) electrons. The van der Waals surface area contributed by atoms with Crippen molar-refractivity contribution in [2.75, 3.05) is 13.2 Å². The van der Waals surface area contributed by atoms with Crippen molar-refractivity contribution >= 4 is 17.7 Å². The Kier molecular flexibility index (Phi) is 16.0. The van der Waals surface area contributed by atoms with Crippen molar-refractivity contribution in [3.05, 3.63) is 0 Å². The van der Waals surface area contributed by atoms with Gasteiger partial charge in [0.15, 0.2) is 4.99 Å². The van der Waals surface area contributed by atoms with Crippen LogP contribution in [0.15, 0.2) is 0 Å². The molecule has 8 heteroatoms. The summed E-state index contributed by atoms with van der Waals surface area (Å²) in [4.78, 5) is -1.49. The summed E-state index contributed by atoms with van der Waals surface area (Å²) in [6, 6.07) is 0. The molecule has 0 saturated carbocycles. The van der Waals surface area contributed by atoms with Gasteiger partial charge in [0.2, 0.25) is 0 Å². The van der Waals surface area contributed by atoms with Crippen LogP contribution < -0.4 is 0 Å². The van der Waals surface area contributed by atoms with Crippen LogP contribution in [0, 0.1) is 0 Å². The highest BCUT2D eigenvalue weighted by Gasteiger charge is 2.43. The lowest BCUT2D eigenvalue weighted by Crippen LogP contribution is -2.23. The number of hydrogen-bond acceptors (Lipinski definition) is 5. The lowest BCUT2D eigenvalue weighted by Gasteiger charge is -2.24. The van der Waals surface area contributed by atoms with E-state index in [0.717, 1.165) is 19.3 Å².